The maximum atomic E-state index is 5.84. The number of hydrogen-bond acceptors (Lipinski definition) is 4. The van der Waals surface area contributed by atoms with E-state index in [2.05, 4.69) is 81.1 Å². The Labute approximate surface area is 188 Å². The number of nitrogens with zero attached hydrogens (tertiary/aromatic N) is 4. The lowest BCUT2D eigenvalue weighted by atomic mass is 10.0. The van der Waals surface area contributed by atoms with Crippen LogP contribution in [0.3, 0.4) is 0 Å². The van der Waals surface area contributed by atoms with Crippen molar-refractivity contribution in [3.05, 3.63) is 77.9 Å². The zero-order chi connectivity index (χ0) is 21.4. The van der Waals surface area contributed by atoms with Crippen molar-refractivity contribution in [2.24, 2.45) is 7.05 Å². The largest absolute Gasteiger partial charge is 0.378 e. The number of anilines is 2. The zero-order valence-electron chi connectivity index (χ0n) is 17.9. The van der Waals surface area contributed by atoms with Crippen LogP contribution >= 0.6 is 12.2 Å². The molecule has 2 atom stereocenters. The molecule has 2 saturated heterocycles. The second-order valence-corrected chi connectivity index (χ2v) is 8.46. The van der Waals surface area contributed by atoms with Crippen LogP contribution in [-0.2, 0) is 11.8 Å². The minimum absolute atomic E-state index is 0.00957. The topological polar surface area (TPSA) is 45.6 Å². The maximum absolute atomic E-state index is 5.84. The summed E-state index contributed by atoms with van der Waals surface area (Å²) in [5.74, 6) is 0. The molecule has 2 fully saturated rings. The van der Waals surface area contributed by atoms with Gasteiger partial charge in [0.2, 0.25) is 0 Å². The normalized spacial score (nSPS) is 21.4. The van der Waals surface area contributed by atoms with Crippen LogP contribution < -0.4 is 15.1 Å². The highest BCUT2D eigenvalue weighted by Gasteiger charge is 2.42. The van der Waals surface area contributed by atoms with Crippen molar-refractivity contribution < 1.29 is 4.74 Å². The van der Waals surface area contributed by atoms with Gasteiger partial charge in [-0.2, -0.15) is 0 Å². The lowest BCUT2D eigenvalue weighted by Gasteiger charge is -2.31. The Morgan fingerprint density at radius 3 is 2.39 bits per heavy atom. The molecule has 2 aliphatic heterocycles. The Balaban J connectivity index is 1.52. The molecule has 31 heavy (non-hydrogen) atoms. The number of hydrogen-bond donors (Lipinski definition) is 1. The average molecular weight is 434 g/mol. The first-order valence-electron chi connectivity index (χ1n) is 10.7. The zero-order valence-corrected chi connectivity index (χ0v) is 18.7. The van der Waals surface area contributed by atoms with E-state index in [-0.39, 0.29) is 12.1 Å². The lowest BCUT2D eigenvalue weighted by molar-refractivity contribution is 0.122. The van der Waals surface area contributed by atoms with Gasteiger partial charge < -0.3 is 24.4 Å². The lowest BCUT2D eigenvalue weighted by Crippen LogP contribution is -2.36. The molecule has 2 aromatic heterocycles. The van der Waals surface area contributed by atoms with Crippen molar-refractivity contribution in [3.63, 3.8) is 0 Å². The van der Waals surface area contributed by atoms with Gasteiger partial charge in [-0.25, -0.2) is 0 Å². The molecule has 0 radical (unpaired) electrons. The summed E-state index contributed by atoms with van der Waals surface area (Å²) < 4.78 is 7.73. The average Bonchev–Trinajstić information content (AvgIpc) is 3.33. The van der Waals surface area contributed by atoms with E-state index in [9.17, 15) is 0 Å². The smallest absolute Gasteiger partial charge is 0.174 e. The molecular formula is C24H27N5OS. The highest BCUT2D eigenvalue weighted by Crippen LogP contribution is 2.42. The van der Waals surface area contributed by atoms with Crippen LogP contribution in [0.1, 0.15) is 29.2 Å². The molecule has 0 saturated carbocycles. The minimum atomic E-state index is -0.0272. The highest BCUT2D eigenvalue weighted by atomic mass is 32.1. The van der Waals surface area contributed by atoms with Crippen LogP contribution in [0.4, 0.5) is 11.4 Å². The maximum Gasteiger partial charge on any atom is 0.174 e. The molecule has 1 N–H and O–H groups in total. The number of aromatic nitrogens is 2. The number of aryl methyl sites for hydroxylation is 1. The quantitative estimate of drug-likeness (QED) is 0.633. The van der Waals surface area contributed by atoms with E-state index < -0.39 is 0 Å². The van der Waals surface area contributed by atoms with E-state index in [4.69, 9.17) is 17.0 Å². The van der Waals surface area contributed by atoms with Crippen molar-refractivity contribution >= 4 is 28.7 Å². The number of rotatable bonds is 4. The van der Waals surface area contributed by atoms with Crippen molar-refractivity contribution in [1.82, 2.24) is 14.9 Å². The Kier molecular flexibility index (Phi) is 5.38. The molecule has 0 spiro atoms. The fraction of sp³-hybridized carbons (Fsp3) is 0.333. The minimum Gasteiger partial charge on any atom is -0.378 e. The predicted molar refractivity (Wildman–Crippen MR) is 128 cm³/mol. The third-order valence-corrected chi connectivity index (χ3v) is 6.63. The summed E-state index contributed by atoms with van der Waals surface area (Å²) in [5, 5.41) is 4.26. The molecule has 5 rings (SSSR count). The second-order valence-electron chi connectivity index (χ2n) is 8.07. The van der Waals surface area contributed by atoms with E-state index in [1.165, 1.54) is 17.1 Å². The summed E-state index contributed by atoms with van der Waals surface area (Å²) in [5.41, 5.74) is 5.71. The van der Waals surface area contributed by atoms with Crippen LogP contribution in [0.5, 0.6) is 0 Å². The van der Waals surface area contributed by atoms with Gasteiger partial charge in [-0.15, -0.1) is 0 Å². The fourth-order valence-electron chi connectivity index (χ4n) is 4.51. The van der Waals surface area contributed by atoms with Crippen molar-refractivity contribution in [1.29, 1.82) is 0 Å². The molecule has 160 valence electrons. The van der Waals surface area contributed by atoms with Gasteiger partial charge in [0.1, 0.15) is 6.04 Å². The van der Waals surface area contributed by atoms with Crippen LogP contribution in [0.15, 0.2) is 60.8 Å². The molecule has 0 bridgehead atoms. The van der Waals surface area contributed by atoms with Gasteiger partial charge >= 0.3 is 0 Å². The monoisotopic (exact) mass is 433 g/mol. The number of nitrogens with one attached hydrogen (secondary N) is 1. The third kappa shape index (κ3) is 3.68. The molecule has 2 aliphatic rings. The van der Waals surface area contributed by atoms with Gasteiger partial charge in [0, 0.05) is 49.1 Å². The summed E-state index contributed by atoms with van der Waals surface area (Å²) >= 11 is 5.84. The Morgan fingerprint density at radius 1 is 1.00 bits per heavy atom. The van der Waals surface area contributed by atoms with E-state index in [0.29, 0.717) is 0 Å². The van der Waals surface area contributed by atoms with Crippen molar-refractivity contribution in [2.75, 3.05) is 36.1 Å². The highest BCUT2D eigenvalue weighted by molar-refractivity contribution is 7.80. The van der Waals surface area contributed by atoms with Crippen molar-refractivity contribution in [2.45, 2.75) is 19.0 Å². The van der Waals surface area contributed by atoms with E-state index >= 15 is 0 Å². The van der Waals surface area contributed by atoms with Gasteiger partial charge in [-0.3, -0.25) is 4.98 Å². The van der Waals surface area contributed by atoms with Crippen LogP contribution in [0.2, 0.25) is 0 Å². The first-order valence-corrected chi connectivity index (χ1v) is 11.1. The van der Waals surface area contributed by atoms with Crippen LogP contribution in [0.25, 0.3) is 0 Å². The van der Waals surface area contributed by atoms with Gasteiger partial charge in [-0.1, -0.05) is 6.07 Å². The molecule has 0 aliphatic carbocycles. The first-order chi connectivity index (χ1) is 15.1. The predicted octanol–water partition coefficient (Wildman–Crippen LogP) is 3.74. The summed E-state index contributed by atoms with van der Waals surface area (Å²) in [6.07, 6.45) is 1.84. The van der Waals surface area contributed by atoms with E-state index in [1.54, 1.807) is 0 Å². The SMILES string of the molecule is Cc1ccc([C@@H]2[C@H](c3ccccn3)NC(=S)N2c2ccc(N3CCOCC3)cc2)n1C. The van der Waals surface area contributed by atoms with Gasteiger partial charge in [0.25, 0.3) is 0 Å². The molecule has 6 nitrogen and oxygen atoms in total. The van der Waals surface area contributed by atoms with E-state index in [1.807, 2.05) is 18.3 Å². The fourth-order valence-corrected chi connectivity index (χ4v) is 4.86. The molecular weight excluding hydrogens is 406 g/mol. The number of morpholine rings is 1. The van der Waals surface area contributed by atoms with Gasteiger partial charge in [0.15, 0.2) is 5.11 Å². The Bertz CT molecular complexity index is 1060. The molecule has 0 amide bonds. The summed E-state index contributed by atoms with van der Waals surface area (Å²) in [6, 6.07) is 19.1. The molecule has 4 heterocycles. The van der Waals surface area contributed by atoms with Crippen LogP contribution in [0, 0.1) is 6.92 Å². The van der Waals surface area contributed by atoms with Gasteiger partial charge in [0.05, 0.1) is 24.9 Å². The summed E-state index contributed by atoms with van der Waals surface area (Å²) in [7, 11) is 2.11. The number of pyridine rings is 1. The van der Waals surface area contributed by atoms with Gasteiger partial charge in [-0.05, 0) is 67.7 Å². The summed E-state index contributed by atoms with van der Waals surface area (Å²) in [6.45, 7) is 5.54. The van der Waals surface area contributed by atoms with E-state index in [0.717, 1.165) is 42.8 Å². The molecule has 0 unspecified atom stereocenters. The molecule has 7 heteroatoms. The number of thiocarbonyl (C=S) groups is 1. The molecule has 1 aromatic carbocycles. The standard InChI is InChI=1S/C24H27N5OS/c1-17-6-11-21(27(17)2)23-22(20-5-3-4-12-25-20)26-24(31)29(23)19-9-7-18(8-10-19)28-13-15-30-16-14-28/h3-12,22-23H,13-16H2,1-2H3,(H,26,31)/t22-,23+/m0/s1. The molecule has 3 aromatic rings. The Hall–Kier alpha value is -2.90. The van der Waals surface area contributed by atoms with Crippen LogP contribution in [-0.4, -0.2) is 41.0 Å². The number of ether oxygens (including phenoxy) is 1. The summed E-state index contributed by atoms with van der Waals surface area (Å²) in [4.78, 5) is 9.23. The third-order valence-electron chi connectivity index (χ3n) is 6.32. The Morgan fingerprint density at radius 2 is 1.74 bits per heavy atom. The second kappa shape index (κ2) is 8.32. The first kappa shape index (κ1) is 20.0. The number of benzene rings is 1. The van der Waals surface area contributed by atoms with Crippen molar-refractivity contribution in [3.8, 4) is 0 Å².